The van der Waals surface area contributed by atoms with Gasteiger partial charge in [0, 0.05) is 18.7 Å². The zero-order chi connectivity index (χ0) is 23.7. The first kappa shape index (κ1) is 24.0. The van der Waals surface area contributed by atoms with Crippen molar-refractivity contribution in [2.75, 3.05) is 7.11 Å². The van der Waals surface area contributed by atoms with E-state index in [1.807, 2.05) is 48.5 Å². The number of aliphatic carboxylic acids is 1. The Kier molecular flexibility index (Phi) is 8.19. The maximum absolute atomic E-state index is 13.5. The van der Waals surface area contributed by atoms with Gasteiger partial charge < -0.3 is 15.2 Å². The molecule has 172 valence electrons. The lowest BCUT2D eigenvalue weighted by molar-refractivity contribution is -0.135. The van der Waals surface area contributed by atoms with Crippen LogP contribution in [0.2, 0.25) is 0 Å². The molecule has 0 aromatic heterocycles. The van der Waals surface area contributed by atoms with Gasteiger partial charge in [0.05, 0.1) is 12.5 Å². The SMILES string of the molecule is COC(=O)/C=C/c1cccc(C2(C(=O)NCc3ccc(/C=C/C(=O)O)cc3)CCCCC2)c1. The highest BCUT2D eigenvalue weighted by atomic mass is 16.5. The molecule has 0 radical (unpaired) electrons. The molecular formula is C27H29NO5. The Morgan fingerprint density at radius 3 is 2.33 bits per heavy atom. The zero-order valence-corrected chi connectivity index (χ0v) is 18.8. The summed E-state index contributed by atoms with van der Waals surface area (Å²) in [6.45, 7) is 0.394. The van der Waals surface area contributed by atoms with E-state index in [9.17, 15) is 14.4 Å². The number of ether oxygens (including phenoxy) is 1. The van der Waals surface area contributed by atoms with Gasteiger partial charge in [0.25, 0.3) is 0 Å². The molecule has 0 unspecified atom stereocenters. The highest BCUT2D eigenvalue weighted by Gasteiger charge is 2.40. The molecule has 0 aliphatic heterocycles. The molecule has 0 bridgehead atoms. The summed E-state index contributed by atoms with van der Waals surface area (Å²) < 4.78 is 4.66. The first-order chi connectivity index (χ1) is 15.9. The van der Waals surface area contributed by atoms with E-state index >= 15 is 0 Å². The Labute approximate surface area is 194 Å². The van der Waals surface area contributed by atoms with Crippen LogP contribution in [-0.4, -0.2) is 30.1 Å². The molecule has 1 amide bonds. The number of methoxy groups -OCH3 is 1. The zero-order valence-electron chi connectivity index (χ0n) is 18.8. The van der Waals surface area contributed by atoms with Crippen molar-refractivity contribution in [3.05, 3.63) is 82.9 Å². The van der Waals surface area contributed by atoms with E-state index in [1.165, 1.54) is 19.3 Å². The average molecular weight is 448 g/mol. The molecule has 1 saturated carbocycles. The van der Waals surface area contributed by atoms with E-state index in [1.54, 1.807) is 6.08 Å². The van der Waals surface area contributed by atoms with Crippen LogP contribution in [-0.2, 0) is 31.1 Å². The molecular weight excluding hydrogens is 418 g/mol. The minimum atomic E-state index is -0.992. The molecule has 0 heterocycles. The van der Waals surface area contributed by atoms with Gasteiger partial charge in [0.1, 0.15) is 0 Å². The third-order valence-electron chi connectivity index (χ3n) is 6.05. The standard InChI is InChI=1S/C27H29NO5/c1-33-25(31)15-13-21-6-5-7-23(18-21)27(16-3-2-4-17-27)26(32)28-19-22-10-8-20(9-11-22)12-14-24(29)30/h5-15,18H,2-4,16-17,19H2,1H3,(H,28,32)(H,29,30)/b14-12+,15-13+. The van der Waals surface area contributed by atoms with Crippen LogP contribution >= 0.6 is 0 Å². The smallest absolute Gasteiger partial charge is 0.330 e. The van der Waals surface area contributed by atoms with Gasteiger partial charge in [0.15, 0.2) is 0 Å². The number of hydrogen-bond donors (Lipinski definition) is 2. The molecule has 2 aromatic rings. The maximum atomic E-state index is 13.5. The number of hydrogen-bond acceptors (Lipinski definition) is 4. The van der Waals surface area contributed by atoms with Gasteiger partial charge in [-0.05, 0) is 47.2 Å². The molecule has 6 nitrogen and oxygen atoms in total. The Hall–Kier alpha value is -3.67. The Bertz CT molecular complexity index is 1050. The molecule has 1 aliphatic rings. The summed E-state index contributed by atoms with van der Waals surface area (Å²) in [4.78, 5) is 35.6. The second-order valence-corrected chi connectivity index (χ2v) is 8.22. The summed E-state index contributed by atoms with van der Waals surface area (Å²) >= 11 is 0. The lowest BCUT2D eigenvalue weighted by Crippen LogP contribution is -2.45. The van der Waals surface area contributed by atoms with Gasteiger partial charge >= 0.3 is 11.9 Å². The van der Waals surface area contributed by atoms with E-state index in [4.69, 9.17) is 5.11 Å². The van der Waals surface area contributed by atoms with Gasteiger partial charge in [-0.1, -0.05) is 67.8 Å². The number of carbonyl (C=O) groups is 3. The van der Waals surface area contributed by atoms with Crippen LogP contribution in [0.3, 0.4) is 0 Å². The molecule has 1 fully saturated rings. The van der Waals surface area contributed by atoms with E-state index < -0.39 is 17.4 Å². The van der Waals surface area contributed by atoms with E-state index in [0.717, 1.165) is 60.4 Å². The monoisotopic (exact) mass is 447 g/mol. The first-order valence-corrected chi connectivity index (χ1v) is 11.1. The summed E-state index contributed by atoms with van der Waals surface area (Å²) in [5, 5.41) is 11.9. The van der Waals surface area contributed by atoms with Crippen LogP contribution in [0.25, 0.3) is 12.2 Å². The number of rotatable bonds is 8. The van der Waals surface area contributed by atoms with E-state index in [-0.39, 0.29) is 5.91 Å². The van der Waals surface area contributed by atoms with Crippen LogP contribution in [0.5, 0.6) is 0 Å². The number of carbonyl (C=O) groups excluding carboxylic acids is 2. The predicted octanol–water partition coefficient (Wildman–Crippen LogP) is 4.49. The number of carboxylic acid groups (broad SMARTS) is 1. The molecule has 0 saturated heterocycles. The highest BCUT2D eigenvalue weighted by Crippen LogP contribution is 2.40. The number of nitrogens with one attached hydrogen (secondary N) is 1. The molecule has 0 atom stereocenters. The summed E-state index contributed by atoms with van der Waals surface area (Å²) in [6, 6.07) is 15.2. The van der Waals surface area contributed by atoms with Gasteiger partial charge in [-0.25, -0.2) is 9.59 Å². The minimum Gasteiger partial charge on any atom is -0.478 e. The highest BCUT2D eigenvalue weighted by molar-refractivity contribution is 5.89. The van der Waals surface area contributed by atoms with Crippen molar-refractivity contribution in [3.8, 4) is 0 Å². The number of amides is 1. The largest absolute Gasteiger partial charge is 0.478 e. The molecule has 2 N–H and O–H groups in total. The molecule has 2 aromatic carbocycles. The summed E-state index contributed by atoms with van der Waals surface area (Å²) in [7, 11) is 1.34. The van der Waals surface area contributed by atoms with Crippen LogP contribution in [0.1, 0.15) is 54.4 Å². The van der Waals surface area contributed by atoms with Crippen molar-refractivity contribution in [1.29, 1.82) is 0 Å². The van der Waals surface area contributed by atoms with Crippen molar-refractivity contribution in [2.45, 2.75) is 44.1 Å². The molecule has 1 aliphatic carbocycles. The van der Waals surface area contributed by atoms with Gasteiger partial charge in [-0.3, -0.25) is 4.79 Å². The minimum absolute atomic E-state index is 0.00569. The van der Waals surface area contributed by atoms with Gasteiger partial charge in [-0.15, -0.1) is 0 Å². The van der Waals surface area contributed by atoms with Crippen LogP contribution in [0.4, 0.5) is 0 Å². The number of esters is 1. The quantitative estimate of drug-likeness (QED) is 0.459. The first-order valence-electron chi connectivity index (χ1n) is 11.1. The summed E-state index contributed by atoms with van der Waals surface area (Å²) in [6.07, 6.45) is 10.3. The van der Waals surface area contributed by atoms with Crippen LogP contribution < -0.4 is 5.32 Å². The number of benzene rings is 2. The Morgan fingerprint density at radius 2 is 1.67 bits per heavy atom. The fraction of sp³-hybridized carbons (Fsp3) is 0.296. The van der Waals surface area contributed by atoms with E-state index in [2.05, 4.69) is 10.1 Å². The lowest BCUT2D eigenvalue weighted by Gasteiger charge is -2.36. The van der Waals surface area contributed by atoms with Crippen molar-refractivity contribution < 1.29 is 24.2 Å². The second-order valence-electron chi connectivity index (χ2n) is 8.22. The normalized spacial score (nSPS) is 15.4. The Balaban J connectivity index is 1.76. The second kappa shape index (κ2) is 11.3. The summed E-state index contributed by atoms with van der Waals surface area (Å²) in [5.41, 5.74) is 2.93. The lowest BCUT2D eigenvalue weighted by atomic mass is 9.68. The van der Waals surface area contributed by atoms with Crippen LogP contribution in [0, 0.1) is 0 Å². The van der Waals surface area contributed by atoms with E-state index in [0.29, 0.717) is 6.54 Å². The number of carboxylic acids is 1. The van der Waals surface area contributed by atoms with Crippen molar-refractivity contribution in [2.24, 2.45) is 0 Å². The average Bonchev–Trinajstić information content (AvgIpc) is 2.85. The predicted molar refractivity (Wildman–Crippen MR) is 127 cm³/mol. The molecule has 3 rings (SSSR count). The molecule has 6 heteroatoms. The van der Waals surface area contributed by atoms with Crippen LogP contribution in [0.15, 0.2) is 60.7 Å². The van der Waals surface area contributed by atoms with Gasteiger partial charge in [0.2, 0.25) is 5.91 Å². The maximum Gasteiger partial charge on any atom is 0.330 e. The van der Waals surface area contributed by atoms with Crippen molar-refractivity contribution in [1.82, 2.24) is 5.32 Å². The summed E-state index contributed by atoms with van der Waals surface area (Å²) in [5.74, 6) is -1.41. The fourth-order valence-corrected chi connectivity index (χ4v) is 4.24. The van der Waals surface area contributed by atoms with Gasteiger partial charge in [-0.2, -0.15) is 0 Å². The third-order valence-corrected chi connectivity index (χ3v) is 6.05. The molecule has 33 heavy (non-hydrogen) atoms. The fourth-order valence-electron chi connectivity index (χ4n) is 4.24. The van der Waals surface area contributed by atoms with Crippen molar-refractivity contribution in [3.63, 3.8) is 0 Å². The topological polar surface area (TPSA) is 92.7 Å². The molecule has 0 spiro atoms. The van der Waals surface area contributed by atoms with Crippen molar-refractivity contribution >= 4 is 30.0 Å². The third kappa shape index (κ3) is 6.42. The Morgan fingerprint density at radius 1 is 0.970 bits per heavy atom.